The molecule has 0 aliphatic rings. The van der Waals surface area contributed by atoms with E-state index in [9.17, 15) is 5.11 Å². The van der Waals surface area contributed by atoms with E-state index in [4.69, 9.17) is 5.73 Å². The van der Waals surface area contributed by atoms with Crippen molar-refractivity contribution < 1.29 is 5.11 Å². The molecule has 3 N–H and O–H groups in total. The molecule has 1 aromatic carbocycles. The maximum Gasteiger partial charge on any atom is 0.119 e. The molecule has 0 saturated carbocycles. The number of aromatic hydroxyl groups is 1. The number of aryl methyl sites for hydroxylation is 1. The highest BCUT2D eigenvalue weighted by Gasteiger charge is 2.05. The first-order valence-corrected chi connectivity index (χ1v) is 4.67. The fourth-order valence-electron chi connectivity index (χ4n) is 1.27. The SMILES string of the molecule is CCC(N)Cc1ccc(C)cc1O. The topological polar surface area (TPSA) is 46.2 Å². The van der Waals surface area contributed by atoms with E-state index in [1.165, 1.54) is 0 Å². The van der Waals surface area contributed by atoms with Crippen LogP contribution >= 0.6 is 0 Å². The van der Waals surface area contributed by atoms with Crippen molar-refractivity contribution in [2.24, 2.45) is 5.73 Å². The van der Waals surface area contributed by atoms with Gasteiger partial charge in [0.1, 0.15) is 5.75 Å². The summed E-state index contributed by atoms with van der Waals surface area (Å²) in [5, 5.41) is 9.58. The van der Waals surface area contributed by atoms with Gasteiger partial charge in [0, 0.05) is 6.04 Å². The smallest absolute Gasteiger partial charge is 0.119 e. The van der Waals surface area contributed by atoms with Crippen molar-refractivity contribution in [1.29, 1.82) is 0 Å². The van der Waals surface area contributed by atoms with Crippen molar-refractivity contribution >= 4 is 0 Å². The van der Waals surface area contributed by atoms with Gasteiger partial charge in [-0.05, 0) is 37.0 Å². The van der Waals surface area contributed by atoms with E-state index in [1.807, 2.05) is 19.1 Å². The lowest BCUT2D eigenvalue weighted by Gasteiger charge is -2.10. The summed E-state index contributed by atoms with van der Waals surface area (Å²) in [5.74, 6) is 0.365. The quantitative estimate of drug-likeness (QED) is 0.745. The predicted molar refractivity (Wildman–Crippen MR) is 54.8 cm³/mol. The number of hydrogen-bond acceptors (Lipinski definition) is 2. The Labute approximate surface area is 79.4 Å². The molecule has 0 aromatic heterocycles. The molecule has 1 atom stereocenters. The number of phenols is 1. The van der Waals surface area contributed by atoms with Gasteiger partial charge >= 0.3 is 0 Å². The van der Waals surface area contributed by atoms with Crippen LogP contribution in [0.25, 0.3) is 0 Å². The lowest BCUT2D eigenvalue weighted by molar-refractivity contribution is 0.463. The maximum absolute atomic E-state index is 9.58. The van der Waals surface area contributed by atoms with Crippen molar-refractivity contribution in [1.82, 2.24) is 0 Å². The minimum atomic E-state index is 0.147. The third-order valence-electron chi connectivity index (χ3n) is 2.25. The van der Waals surface area contributed by atoms with Gasteiger partial charge in [-0.1, -0.05) is 19.1 Å². The first-order chi connectivity index (χ1) is 6.13. The Hall–Kier alpha value is -1.02. The molecule has 1 rings (SSSR count). The third-order valence-corrected chi connectivity index (χ3v) is 2.25. The maximum atomic E-state index is 9.58. The van der Waals surface area contributed by atoms with Crippen molar-refractivity contribution in [2.75, 3.05) is 0 Å². The number of phenolic OH excluding ortho intramolecular Hbond substituents is 1. The Morgan fingerprint density at radius 3 is 2.69 bits per heavy atom. The molecule has 1 unspecified atom stereocenters. The second-order valence-corrected chi connectivity index (χ2v) is 3.50. The summed E-state index contributed by atoms with van der Waals surface area (Å²) in [7, 11) is 0. The molecule has 1 aromatic rings. The molecule has 2 heteroatoms. The average molecular weight is 179 g/mol. The Kier molecular flexibility index (Phi) is 3.32. The van der Waals surface area contributed by atoms with Gasteiger partial charge in [-0.25, -0.2) is 0 Å². The van der Waals surface area contributed by atoms with Crippen LogP contribution in [-0.4, -0.2) is 11.1 Å². The van der Waals surface area contributed by atoms with Gasteiger partial charge in [0.15, 0.2) is 0 Å². The molecule has 13 heavy (non-hydrogen) atoms. The lowest BCUT2D eigenvalue weighted by Crippen LogP contribution is -2.21. The predicted octanol–water partition coefficient (Wildman–Crippen LogP) is 1.98. The Bertz CT molecular complexity index is 283. The Balaban J connectivity index is 2.77. The Morgan fingerprint density at radius 1 is 1.46 bits per heavy atom. The van der Waals surface area contributed by atoms with Crippen molar-refractivity contribution in [3.63, 3.8) is 0 Å². The van der Waals surface area contributed by atoms with Crippen LogP contribution in [0.1, 0.15) is 24.5 Å². The first kappa shape index (κ1) is 10.1. The summed E-state index contributed by atoms with van der Waals surface area (Å²) in [6.45, 7) is 4.01. The monoisotopic (exact) mass is 179 g/mol. The van der Waals surface area contributed by atoms with Crippen molar-refractivity contribution in [3.05, 3.63) is 29.3 Å². The van der Waals surface area contributed by atoms with Gasteiger partial charge in [0.05, 0.1) is 0 Å². The fourth-order valence-corrected chi connectivity index (χ4v) is 1.27. The molecule has 0 aliphatic heterocycles. The third kappa shape index (κ3) is 2.74. The van der Waals surface area contributed by atoms with Crippen LogP contribution in [0.2, 0.25) is 0 Å². The zero-order valence-corrected chi connectivity index (χ0v) is 8.25. The summed E-state index contributed by atoms with van der Waals surface area (Å²) in [5.41, 5.74) is 7.82. The summed E-state index contributed by atoms with van der Waals surface area (Å²) >= 11 is 0. The largest absolute Gasteiger partial charge is 0.508 e. The molecule has 0 amide bonds. The van der Waals surface area contributed by atoms with E-state index in [-0.39, 0.29) is 6.04 Å². The van der Waals surface area contributed by atoms with Crippen LogP contribution in [0.5, 0.6) is 5.75 Å². The van der Waals surface area contributed by atoms with Crippen LogP contribution in [0.3, 0.4) is 0 Å². The van der Waals surface area contributed by atoms with E-state index in [2.05, 4.69) is 6.92 Å². The minimum Gasteiger partial charge on any atom is -0.508 e. The van der Waals surface area contributed by atoms with Gasteiger partial charge in [0.25, 0.3) is 0 Å². The van der Waals surface area contributed by atoms with Gasteiger partial charge in [-0.2, -0.15) is 0 Å². The summed E-state index contributed by atoms with van der Waals surface area (Å²) < 4.78 is 0. The number of rotatable bonds is 3. The molecule has 0 saturated heterocycles. The molecule has 0 spiro atoms. The number of hydrogen-bond donors (Lipinski definition) is 2. The highest BCUT2D eigenvalue weighted by Crippen LogP contribution is 2.19. The van der Waals surface area contributed by atoms with Gasteiger partial charge in [-0.3, -0.25) is 0 Å². The van der Waals surface area contributed by atoms with E-state index in [0.717, 1.165) is 24.0 Å². The van der Waals surface area contributed by atoms with Crippen LogP contribution in [0.4, 0.5) is 0 Å². The molecule has 72 valence electrons. The highest BCUT2D eigenvalue weighted by atomic mass is 16.3. The standard InChI is InChI=1S/C11H17NO/c1-3-10(12)7-9-5-4-8(2)6-11(9)13/h4-6,10,13H,3,7,12H2,1-2H3. The van der Waals surface area contributed by atoms with Crippen molar-refractivity contribution in [2.45, 2.75) is 32.7 Å². The zero-order chi connectivity index (χ0) is 9.84. The molecular formula is C11H17NO. The highest BCUT2D eigenvalue weighted by molar-refractivity contribution is 5.36. The van der Waals surface area contributed by atoms with Crippen LogP contribution in [-0.2, 0) is 6.42 Å². The van der Waals surface area contributed by atoms with Gasteiger partial charge in [0.2, 0.25) is 0 Å². The summed E-state index contributed by atoms with van der Waals surface area (Å²) in [4.78, 5) is 0. The lowest BCUT2D eigenvalue weighted by atomic mass is 10.0. The summed E-state index contributed by atoms with van der Waals surface area (Å²) in [6.07, 6.45) is 1.69. The molecular weight excluding hydrogens is 162 g/mol. The van der Waals surface area contributed by atoms with E-state index in [0.29, 0.717) is 5.75 Å². The second kappa shape index (κ2) is 4.28. The minimum absolute atomic E-state index is 0.147. The van der Waals surface area contributed by atoms with E-state index < -0.39 is 0 Å². The molecule has 2 nitrogen and oxygen atoms in total. The Morgan fingerprint density at radius 2 is 2.15 bits per heavy atom. The average Bonchev–Trinajstić information content (AvgIpc) is 2.09. The number of nitrogens with two attached hydrogens (primary N) is 1. The van der Waals surface area contributed by atoms with E-state index in [1.54, 1.807) is 6.07 Å². The van der Waals surface area contributed by atoms with Gasteiger partial charge < -0.3 is 10.8 Å². The molecule has 0 heterocycles. The molecule has 0 bridgehead atoms. The van der Waals surface area contributed by atoms with Crippen LogP contribution < -0.4 is 5.73 Å². The van der Waals surface area contributed by atoms with Gasteiger partial charge in [-0.15, -0.1) is 0 Å². The normalized spacial score (nSPS) is 12.8. The van der Waals surface area contributed by atoms with Crippen LogP contribution in [0, 0.1) is 6.92 Å². The second-order valence-electron chi connectivity index (χ2n) is 3.50. The molecule has 0 radical (unpaired) electrons. The summed E-state index contributed by atoms with van der Waals surface area (Å²) in [6, 6.07) is 5.86. The fraction of sp³-hybridized carbons (Fsp3) is 0.455. The van der Waals surface area contributed by atoms with Crippen molar-refractivity contribution in [3.8, 4) is 5.75 Å². The molecule has 0 aliphatic carbocycles. The zero-order valence-electron chi connectivity index (χ0n) is 8.25. The number of benzene rings is 1. The van der Waals surface area contributed by atoms with E-state index >= 15 is 0 Å². The van der Waals surface area contributed by atoms with Crippen LogP contribution in [0.15, 0.2) is 18.2 Å². The first-order valence-electron chi connectivity index (χ1n) is 4.67. The molecule has 0 fully saturated rings.